The third-order valence-corrected chi connectivity index (χ3v) is 8.04. The van der Waals surface area contributed by atoms with Crippen molar-refractivity contribution in [3.05, 3.63) is 104 Å². The first-order valence-electron chi connectivity index (χ1n) is 12.0. The zero-order chi connectivity index (χ0) is 27.9. The average molecular weight is 588 g/mol. The molecule has 0 bridgehead atoms. The number of nitro groups is 1. The van der Waals surface area contributed by atoms with Gasteiger partial charge in [0.1, 0.15) is 11.8 Å². The molecule has 9 nitrogen and oxygen atoms in total. The summed E-state index contributed by atoms with van der Waals surface area (Å²) in [4.78, 5) is 40.7. The van der Waals surface area contributed by atoms with E-state index in [4.69, 9.17) is 9.47 Å². The second-order valence-electron chi connectivity index (χ2n) is 9.23. The summed E-state index contributed by atoms with van der Waals surface area (Å²) in [5, 5.41) is 22.1. The summed E-state index contributed by atoms with van der Waals surface area (Å²) in [6, 6.07) is 18.3. The van der Waals surface area contributed by atoms with Crippen LogP contribution >= 0.6 is 15.9 Å². The third kappa shape index (κ3) is 3.97. The summed E-state index contributed by atoms with van der Waals surface area (Å²) in [7, 11) is 2.72. The summed E-state index contributed by atoms with van der Waals surface area (Å²) in [5.41, 5.74) is 0.288. The van der Waals surface area contributed by atoms with Gasteiger partial charge in [0.25, 0.3) is 5.69 Å². The van der Waals surface area contributed by atoms with E-state index in [9.17, 15) is 25.0 Å². The molecular formula is C29H22BrN3O6. The SMILES string of the molecule is COC(=O)[C@]1(C#N)[C@H](c2ccc([N+](=O)[O-])cc2)[C@H](C(=O)c2ccc(OC)c(Br)c2)N2c3ccccc3C=C[C@@H]21. The lowest BCUT2D eigenvalue weighted by atomic mass is 9.68. The Kier molecular flexibility index (Phi) is 6.70. The van der Waals surface area contributed by atoms with Crippen molar-refractivity contribution in [3.8, 4) is 11.8 Å². The van der Waals surface area contributed by atoms with E-state index in [1.165, 1.54) is 38.5 Å². The molecule has 5 rings (SSSR count). The molecule has 0 radical (unpaired) electrons. The van der Waals surface area contributed by atoms with Crippen LogP contribution in [0.25, 0.3) is 6.08 Å². The number of fused-ring (bicyclic) bond motifs is 3. The topological polar surface area (TPSA) is 123 Å². The number of benzene rings is 3. The number of Topliss-reactive ketones (excluding diaryl/α,β-unsaturated/α-hetero) is 1. The number of methoxy groups -OCH3 is 2. The van der Waals surface area contributed by atoms with Crippen molar-refractivity contribution in [1.29, 1.82) is 5.26 Å². The molecule has 0 N–H and O–H groups in total. The van der Waals surface area contributed by atoms with Crippen molar-refractivity contribution in [2.24, 2.45) is 5.41 Å². The first-order chi connectivity index (χ1) is 18.8. The van der Waals surface area contributed by atoms with Crippen LogP contribution in [-0.2, 0) is 9.53 Å². The second-order valence-corrected chi connectivity index (χ2v) is 10.1. The Morgan fingerprint density at radius 3 is 2.44 bits per heavy atom. The molecule has 0 amide bonds. The maximum Gasteiger partial charge on any atom is 0.329 e. The van der Waals surface area contributed by atoms with Crippen molar-refractivity contribution in [1.82, 2.24) is 0 Å². The fourth-order valence-electron chi connectivity index (χ4n) is 5.70. The van der Waals surface area contributed by atoms with E-state index in [0.29, 0.717) is 27.0 Å². The van der Waals surface area contributed by atoms with Gasteiger partial charge in [-0.05, 0) is 51.3 Å². The van der Waals surface area contributed by atoms with Crippen LogP contribution in [0.2, 0.25) is 0 Å². The van der Waals surface area contributed by atoms with Crippen LogP contribution in [0.3, 0.4) is 0 Å². The Balaban J connectivity index is 1.79. The van der Waals surface area contributed by atoms with Crippen LogP contribution in [0.1, 0.15) is 27.4 Å². The average Bonchev–Trinajstić information content (AvgIpc) is 3.28. The van der Waals surface area contributed by atoms with Crippen LogP contribution in [0.4, 0.5) is 11.4 Å². The van der Waals surface area contributed by atoms with Gasteiger partial charge in [0.2, 0.25) is 0 Å². The molecule has 2 heterocycles. The van der Waals surface area contributed by atoms with E-state index in [1.807, 2.05) is 35.2 Å². The number of rotatable bonds is 6. The number of ether oxygens (including phenoxy) is 2. The molecule has 1 fully saturated rings. The fourth-order valence-corrected chi connectivity index (χ4v) is 6.24. The van der Waals surface area contributed by atoms with Crippen LogP contribution < -0.4 is 9.64 Å². The highest BCUT2D eigenvalue weighted by molar-refractivity contribution is 9.10. The molecular weight excluding hydrogens is 566 g/mol. The number of hydrogen-bond donors (Lipinski definition) is 0. The van der Waals surface area contributed by atoms with Gasteiger partial charge in [-0.15, -0.1) is 0 Å². The van der Waals surface area contributed by atoms with Gasteiger partial charge >= 0.3 is 5.97 Å². The Morgan fingerprint density at radius 2 is 1.82 bits per heavy atom. The van der Waals surface area contributed by atoms with E-state index in [-0.39, 0.29) is 11.5 Å². The van der Waals surface area contributed by atoms with Crippen molar-refractivity contribution >= 4 is 45.1 Å². The number of halogens is 1. The minimum Gasteiger partial charge on any atom is -0.496 e. The molecule has 0 saturated carbocycles. The van der Waals surface area contributed by atoms with Gasteiger partial charge in [0, 0.05) is 29.3 Å². The quantitative estimate of drug-likeness (QED) is 0.165. The number of hydrogen-bond acceptors (Lipinski definition) is 8. The van der Waals surface area contributed by atoms with Crippen molar-refractivity contribution in [3.63, 3.8) is 0 Å². The van der Waals surface area contributed by atoms with E-state index in [1.54, 1.807) is 24.3 Å². The van der Waals surface area contributed by atoms with E-state index in [0.717, 1.165) is 5.56 Å². The smallest absolute Gasteiger partial charge is 0.329 e. The number of nitriles is 1. The van der Waals surface area contributed by atoms with Gasteiger partial charge in [-0.1, -0.05) is 42.5 Å². The molecule has 0 aromatic heterocycles. The zero-order valence-electron chi connectivity index (χ0n) is 20.9. The maximum absolute atomic E-state index is 14.4. The number of ketones is 1. The number of esters is 1. The van der Waals surface area contributed by atoms with Crippen LogP contribution in [0, 0.1) is 26.9 Å². The van der Waals surface area contributed by atoms with Gasteiger partial charge in [-0.25, -0.2) is 0 Å². The number of carbonyl (C=O) groups excluding carboxylic acids is 2. The minimum absolute atomic E-state index is 0.151. The molecule has 0 unspecified atom stereocenters. The number of nitro benzene ring substituents is 1. The Hall–Kier alpha value is -4.49. The van der Waals surface area contributed by atoms with Crippen LogP contribution in [-0.4, -0.2) is 43.0 Å². The van der Waals surface area contributed by atoms with Crippen molar-refractivity contribution in [2.45, 2.75) is 18.0 Å². The van der Waals surface area contributed by atoms with E-state index in [2.05, 4.69) is 22.0 Å². The maximum atomic E-state index is 14.4. The van der Waals surface area contributed by atoms with Gasteiger partial charge in [0.05, 0.1) is 35.7 Å². The zero-order valence-corrected chi connectivity index (χ0v) is 22.5. The summed E-state index contributed by atoms with van der Waals surface area (Å²) < 4.78 is 11.1. The predicted molar refractivity (Wildman–Crippen MR) is 146 cm³/mol. The fraction of sp³-hybridized carbons (Fsp3) is 0.207. The summed E-state index contributed by atoms with van der Waals surface area (Å²) >= 11 is 3.44. The Morgan fingerprint density at radius 1 is 1.10 bits per heavy atom. The van der Waals surface area contributed by atoms with Crippen LogP contribution in [0.5, 0.6) is 5.75 Å². The number of carbonyl (C=O) groups is 2. The monoisotopic (exact) mass is 587 g/mol. The normalized spacial score (nSPS) is 22.8. The van der Waals surface area contributed by atoms with Crippen LogP contribution in [0.15, 0.2) is 77.3 Å². The van der Waals surface area contributed by atoms with Gasteiger partial charge in [-0.3, -0.25) is 19.7 Å². The summed E-state index contributed by atoms with van der Waals surface area (Å²) in [6.07, 6.45) is 3.58. The molecule has 1 saturated heterocycles. The molecule has 2 aliphatic rings. The molecule has 3 aromatic rings. The lowest BCUT2D eigenvalue weighted by Gasteiger charge is -2.36. The number of nitrogens with zero attached hydrogens (tertiary/aromatic N) is 3. The van der Waals surface area contributed by atoms with Crippen molar-refractivity contribution in [2.75, 3.05) is 19.1 Å². The third-order valence-electron chi connectivity index (χ3n) is 7.42. The molecule has 196 valence electrons. The first-order valence-corrected chi connectivity index (χ1v) is 12.7. The first kappa shape index (κ1) is 26.1. The van der Waals surface area contributed by atoms with Gasteiger partial charge in [0.15, 0.2) is 11.2 Å². The van der Waals surface area contributed by atoms with E-state index < -0.39 is 34.3 Å². The molecule has 10 heteroatoms. The summed E-state index contributed by atoms with van der Waals surface area (Å²) in [5.74, 6) is -1.61. The number of para-hydroxylation sites is 1. The Bertz CT molecular complexity index is 1560. The second kappa shape index (κ2) is 10.0. The standard InChI is InChI=1S/C29H22BrN3O6/c1-38-23-13-9-19(15-21(23)30)27(34)26-25(18-7-11-20(12-8-18)33(36)37)29(16-31,28(35)39-2)24-14-10-17-5-3-4-6-22(17)32(24)26/h3-15,24-26H,1-2H3/t24-,25-,26-,29+/m1/s1. The minimum atomic E-state index is -1.83. The lowest BCUT2D eigenvalue weighted by molar-refractivity contribution is -0.384. The highest BCUT2D eigenvalue weighted by atomic mass is 79.9. The molecule has 0 spiro atoms. The predicted octanol–water partition coefficient (Wildman–Crippen LogP) is 5.30. The largest absolute Gasteiger partial charge is 0.496 e. The molecule has 39 heavy (non-hydrogen) atoms. The summed E-state index contributed by atoms with van der Waals surface area (Å²) in [6.45, 7) is 0. The molecule has 0 aliphatic carbocycles. The van der Waals surface area contributed by atoms with Gasteiger partial charge < -0.3 is 14.4 Å². The highest BCUT2D eigenvalue weighted by Gasteiger charge is 2.67. The van der Waals surface area contributed by atoms with Crippen molar-refractivity contribution < 1.29 is 24.0 Å². The highest BCUT2D eigenvalue weighted by Crippen LogP contribution is 2.56. The van der Waals surface area contributed by atoms with E-state index >= 15 is 0 Å². The Labute approximate surface area is 232 Å². The molecule has 3 aromatic carbocycles. The lowest BCUT2D eigenvalue weighted by Crippen LogP contribution is -2.46. The number of anilines is 1. The molecule has 4 atom stereocenters. The molecule has 2 aliphatic heterocycles. The number of non-ortho nitro benzene ring substituents is 1. The van der Waals surface area contributed by atoms with Gasteiger partial charge in [-0.2, -0.15) is 5.26 Å².